The van der Waals surface area contributed by atoms with Crippen molar-refractivity contribution < 1.29 is 22.4 Å². The van der Waals surface area contributed by atoms with E-state index in [4.69, 9.17) is 9.15 Å². The molecule has 1 aliphatic rings. The highest BCUT2D eigenvalue weighted by Crippen LogP contribution is 2.23. The van der Waals surface area contributed by atoms with E-state index in [2.05, 4.69) is 4.72 Å². The maximum Gasteiger partial charge on any atom is 0.290 e. The van der Waals surface area contributed by atoms with Gasteiger partial charge in [0.1, 0.15) is 0 Å². The van der Waals surface area contributed by atoms with Gasteiger partial charge in [0, 0.05) is 6.54 Å². The van der Waals surface area contributed by atoms with Crippen molar-refractivity contribution in [2.24, 2.45) is 0 Å². The summed E-state index contributed by atoms with van der Waals surface area (Å²) < 4.78 is 35.8. The average Bonchev–Trinajstić information content (AvgIpc) is 2.88. The largest absolute Gasteiger partial charge is 0.438 e. The first-order valence-electron chi connectivity index (χ1n) is 6.21. The fourth-order valence-electron chi connectivity index (χ4n) is 2.05. The van der Waals surface area contributed by atoms with E-state index >= 15 is 0 Å². The van der Waals surface area contributed by atoms with Crippen LogP contribution in [0, 0.1) is 0 Å². The molecule has 2 heterocycles. The SMILES string of the molecule is CNS(=O)(=O)c1ccc(C(=O)N2CCOCC2(C)C)o1. The average molecular weight is 302 g/mol. The van der Waals surface area contributed by atoms with Crippen molar-refractivity contribution in [1.82, 2.24) is 9.62 Å². The fourth-order valence-corrected chi connectivity index (χ4v) is 2.70. The zero-order valence-electron chi connectivity index (χ0n) is 11.7. The zero-order chi connectivity index (χ0) is 15.0. The van der Waals surface area contributed by atoms with Gasteiger partial charge in [0.25, 0.3) is 15.9 Å². The number of sulfonamides is 1. The molecular weight excluding hydrogens is 284 g/mol. The molecule has 0 spiro atoms. The van der Waals surface area contributed by atoms with Gasteiger partial charge in [0.05, 0.1) is 18.8 Å². The van der Waals surface area contributed by atoms with Gasteiger partial charge in [-0.15, -0.1) is 0 Å². The van der Waals surface area contributed by atoms with Gasteiger partial charge in [-0.1, -0.05) is 0 Å². The van der Waals surface area contributed by atoms with Gasteiger partial charge in [-0.2, -0.15) is 0 Å². The maximum absolute atomic E-state index is 12.4. The van der Waals surface area contributed by atoms with E-state index in [0.717, 1.165) is 0 Å². The third kappa shape index (κ3) is 2.72. The molecule has 7 nitrogen and oxygen atoms in total. The summed E-state index contributed by atoms with van der Waals surface area (Å²) >= 11 is 0. The van der Waals surface area contributed by atoms with E-state index in [9.17, 15) is 13.2 Å². The first-order valence-corrected chi connectivity index (χ1v) is 7.69. The smallest absolute Gasteiger partial charge is 0.290 e. The molecule has 0 unspecified atom stereocenters. The van der Waals surface area contributed by atoms with Crippen LogP contribution in [-0.4, -0.2) is 51.6 Å². The molecule has 2 rings (SSSR count). The van der Waals surface area contributed by atoms with E-state index in [1.165, 1.54) is 19.2 Å². The second-order valence-electron chi connectivity index (χ2n) is 5.15. The summed E-state index contributed by atoms with van der Waals surface area (Å²) in [5.74, 6) is -0.329. The third-order valence-electron chi connectivity index (χ3n) is 3.22. The van der Waals surface area contributed by atoms with Crippen molar-refractivity contribution in [2.45, 2.75) is 24.5 Å². The van der Waals surface area contributed by atoms with Crippen LogP contribution in [0.5, 0.6) is 0 Å². The van der Waals surface area contributed by atoms with Crippen LogP contribution in [-0.2, 0) is 14.8 Å². The molecule has 1 N–H and O–H groups in total. The molecule has 0 aliphatic carbocycles. The van der Waals surface area contributed by atoms with Gasteiger partial charge in [-0.25, -0.2) is 13.1 Å². The third-order valence-corrected chi connectivity index (χ3v) is 4.50. The number of morpholine rings is 1. The molecule has 1 aromatic heterocycles. The van der Waals surface area contributed by atoms with Crippen LogP contribution in [0.3, 0.4) is 0 Å². The van der Waals surface area contributed by atoms with Crippen molar-refractivity contribution in [2.75, 3.05) is 26.8 Å². The number of nitrogens with zero attached hydrogens (tertiary/aromatic N) is 1. The topological polar surface area (TPSA) is 88.9 Å². The molecule has 1 aliphatic heterocycles. The number of carbonyl (C=O) groups excluding carboxylic acids is 1. The number of carbonyl (C=O) groups is 1. The molecule has 0 aromatic carbocycles. The van der Waals surface area contributed by atoms with Gasteiger partial charge in [0.2, 0.25) is 5.09 Å². The van der Waals surface area contributed by atoms with Gasteiger partial charge in [-0.05, 0) is 33.0 Å². The zero-order valence-corrected chi connectivity index (χ0v) is 12.5. The Bertz CT molecular complexity index is 605. The Kier molecular flexibility index (Phi) is 3.90. The summed E-state index contributed by atoms with van der Waals surface area (Å²) in [7, 11) is -2.40. The molecule has 8 heteroatoms. The van der Waals surface area contributed by atoms with E-state index in [-0.39, 0.29) is 16.8 Å². The van der Waals surface area contributed by atoms with E-state index in [1.54, 1.807) is 4.90 Å². The number of hydrogen-bond acceptors (Lipinski definition) is 5. The summed E-state index contributed by atoms with van der Waals surface area (Å²) in [6, 6.07) is 2.64. The Morgan fingerprint density at radius 3 is 2.70 bits per heavy atom. The molecule has 112 valence electrons. The Balaban J connectivity index is 2.26. The predicted octanol–water partition coefficient (Wildman–Crippen LogP) is 0.439. The van der Waals surface area contributed by atoms with Crippen LogP contribution >= 0.6 is 0 Å². The van der Waals surface area contributed by atoms with E-state index < -0.39 is 15.6 Å². The molecule has 0 saturated carbocycles. The summed E-state index contributed by atoms with van der Waals surface area (Å²) in [4.78, 5) is 14.0. The monoisotopic (exact) mass is 302 g/mol. The van der Waals surface area contributed by atoms with Crippen LogP contribution in [0.1, 0.15) is 24.4 Å². The number of furan rings is 1. The second-order valence-corrected chi connectivity index (χ2v) is 6.97. The van der Waals surface area contributed by atoms with Gasteiger partial charge >= 0.3 is 0 Å². The molecule has 1 fully saturated rings. The quantitative estimate of drug-likeness (QED) is 0.875. The first-order chi connectivity index (χ1) is 9.28. The predicted molar refractivity (Wildman–Crippen MR) is 70.9 cm³/mol. The highest BCUT2D eigenvalue weighted by Gasteiger charge is 2.36. The van der Waals surface area contributed by atoms with Gasteiger partial charge < -0.3 is 14.1 Å². The van der Waals surface area contributed by atoms with Crippen LogP contribution < -0.4 is 4.72 Å². The lowest BCUT2D eigenvalue weighted by Crippen LogP contribution is -2.55. The molecule has 20 heavy (non-hydrogen) atoms. The summed E-state index contributed by atoms with van der Waals surface area (Å²) in [6.07, 6.45) is 0. The number of hydrogen-bond donors (Lipinski definition) is 1. The highest BCUT2D eigenvalue weighted by molar-refractivity contribution is 7.89. The fraction of sp³-hybridized carbons (Fsp3) is 0.583. The van der Waals surface area contributed by atoms with E-state index in [1.807, 2.05) is 13.8 Å². The minimum absolute atomic E-state index is 0.00815. The van der Waals surface area contributed by atoms with Gasteiger partial charge in [0.15, 0.2) is 5.76 Å². The number of nitrogens with one attached hydrogen (secondary N) is 1. The van der Waals surface area contributed by atoms with Crippen molar-refractivity contribution in [3.8, 4) is 0 Å². The molecule has 1 amide bonds. The minimum atomic E-state index is -3.68. The lowest BCUT2D eigenvalue weighted by Gasteiger charge is -2.41. The normalized spacial score (nSPS) is 19.1. The highest BCUT2D eigenvalue weighted by atomic mass is 32.2. The Morgan fingerprint density at radius 1 is 1.40 bits per heavy atom. The molecule has 1 aromatic rings. The van der Waals surface area contributed by atoms with Crippen molar-refractivity contribution >= 4 is 15.9 Å². The number of ether oxygens (including phenoxy) is 1. The maximum atomic E-state index is 12.4. The molecule has 0 atom stereocenters. The summed E-state index contributed by atoms with van der Waals surface area (Å²) in [5, 5.41) is -0.269. The van der Waals surface area contributed by atoms with Crippen LogP contribution in [0.15, 0.2) is 21.6 Å². The molecule has 0 bridgehead atoms. The van der Waals surface area contributed by atoms with Crippen molar-refractivity contribution in [3.63, 3.8) is 0 Å². The van der Waals surface area contributed by atoms with Crippen LogP contribution in [0.2, 0.25) is 0 Å². The molecule has 0 radical (unpaired) electrons. The number of rotatable bonds is 3. The van der Waals surface area contributed by atoms with Crippen molar-refractivity contribution in [3.05, 3.63) is 17.9 Å². The first kappa shape index (κ1) is 15.0. The van der Waals surface area contributed by atoms with Crippen molar-refractivity contribution in [1.29, 1.82) is 0 Å². The molecular formula is C12H18N2O5S. The Morgan fingerprint density at radius 2 is 2.10 bits per heavy atom. The minimum Gasteiger partial charge on any atom is -0.438 e. The van der Waals surface area contributed by atoms with Crippen LogP contribution in [0.4, 0.5) is 0 Å². The lowest BCUT2D eigenvalue weighted by atomic mass is 10.0. The Labute approximate surface area is 117 Å². The summed E-state index contributed by atoms with van der Waals surface area (Å²) in [5.41, 5.74) is -0.454. The van der Waals surface area contributed by atoms with Gasteiger partial charge in [-0.3, -0.25) is 4.79 Å². The number of amides is 1. The standard InChI is InChI=1S/C12H18N2O5S/c1-12(2)8-18-7-6-14(12)11(15)9-4-5-10(19-9)20(16,17)13-3/h4-5,13H,6-8H2,1-3H3. The van der Waals surface area contributed by atoms with Crippen LogP contribution in [0.25, 0.3) is 0 Å². The van der Waals surface area contributed by atoms with E-state index in [0.29, 0.717) is 19.8 Å². The molecule has 1 saturated heterocycles. The lowest BCUT2D eigenvalue weighted by molar-refractivity contribution is -0.0384. The second kappa shape index (κ2) is 5.19. The Hall–Kier alpha value is -1.38. The summed E-state index contributed by atoms with van der Waals surface area (Å²) in [6.45, 7) is 5.11.